The van der Waals surface area contributed by atoms with E-state index in [-0.39, 0.29) is 28.7 Å². The summed E-state index contributed by atoms with van der Waals surface area (Å²) in [6.45, 7) is 8.93. The Labute approximate surface area is 252 Å². The fourth-order valence-electron chi connectivity index (χ4n) is 4.59. The Bertz CT molecular complexity index is 1510. The smallest absolute Gasteiger partial charge is 0.326 e. The lowest BCUT2D eigenvalue weighted by molar-refractivity contribution is -0.161. The van der Waals surface area contributed by atoms with Gasteiger partial charge in [0.05, 0.1) is 9.79 Å². The minimum atomic E-state index is -3.89. The summed E-state index contributed by atoms with van der Waals surface area (Å²) < 4.78 is 32.5. The first-order valence-electron chi connectivity index (χ1n) is 13.6. The number of aliphatic hydroxyl groups excluding tert-OH is 1. The van der Waals surface area contributed by atoms with E-state index < -0.39 is 39.5 Å². The van der Waals surface area contributed by atoms with Crippen molar-refractivity contribution in [2.75, 3.05) is 0 Å². The van der Waals surface area contributed by atoms with Crippen LogP contribution in [0.25, 0.3) is 0 Å². The van der Waals surface area contributed by atoms with E-state index in [1.807, 2.05) is 13.8 Å². The maximum absolute atomic E-state index is 13.5. The Hall–Kier alpha value is -3.24. The average molecular weight is 616 g/mol. The minimum Gasteiger partial charge on any atom is -0.481 e. The molecule has 10 heteroatoms. The van der Waals surface area contributed by atoms with Gasteiger partial charge in [0.1, 0.15) is 17.7 Å². The second-order valence-electron chi connectivity index (χ2n) is 11.4. The molecule has 226 valence electrons. The van der Waals surface area contributed by atoms with Gasteiger partial charge in [0, 0.05) is 17.5 Å². The van der Waals surface area contributed by atoms with E-state index >= 15 is 0 Å². The molecule has 0 fully saturated rings. The summed E-state index contributed by atoms with van der Waals surface area (Å²) in [6.07, 6.45) is -0.868. The van der Waals surface area contributed by atoms with Crippen molar-refractivity contribution < 1.29 is 33.0 Å². The fraction of sp³-hybridized carbons (Fsp3) is 0.375. The van der Waals surface area contributed by atoms with E-state index in [9.17, 15) is 23.1 Å². The molecule has 42 heavy (non-hydrogen) atoms. The van der Waals surface area contributed by atoms with Gasteiger partial charge in [-0.2, -0.15) is 0 Å². The number of rotatable bonds is 12. The third-order valence-electron chi connectivity index (χ3n) is 6.52. The highest BCUT2D eigenvalue weighted by molar-refractivity contribution is 7.91. The predicted octanol–water partition coefficient (Wildman–Crippen LogP) is 5.46. The van der Waals surface area contributed by atoms with E-state index in [1.165, 1.54) is 18.2 Å². The van der Waals surface area contributed by atoms with Gasteiger partial charge in [-0.3, -0.25) is 14.9 Å². The SMILES string of the molecule is Cc1ccc(S(=O)(=O)c2ccc(C[C@@H](C)NC(C(=O)OC(C)(C)C)[C@H](O)c3cccc(Cl)c3)cc2)c(CCC(=O)O)c1. The summed E-state index contributed by atoms with van der Waals surface area (Å²) >= 11 is 6.11. The van der Waals surface area contributed by atoms with Crippen molar-refractivity contribution in [3.63, 3.8) is 0 Å². The fourth-order valence-corrected chi connectivity index (χ4v) is 6.29. The number of carbonyl (C=O) groups excluding carboxylic acids is 1. The zero-order chi connectivity index (χ0) is 31.2. The zero-order valence-electron chi connectivity index (χ0n) is 24.4. The normalized spacial score (nSPS) is 14.2. The van der Waals surface area contributed by atoms with Crippen molar-refractivity contribution in [2.45, 2.75) is 87.5 Å². The molecule has 0 aromatic heterocycles. The number of hydrogen-bond acceptors (Lipinski definition) is 7. The number of benzene rings is 3. The number of esters is 1. The van der Waals surface area contributed by atoms with E-state index in [1.54, 1.807) is 69.3 Å². The number of carboxylic acid groups (broad SMARTS) is 1. The Balaban J connectivity index is 1.80. The molecule has 3 atom stereocenters. The van der Waals surface area contributed by atoms with Crippen molar-refractivity contribution in [2.24, 2.45) is 0 Å². The first-order valence-corrected chi connectivity index (χ1v) is 15.5. The topological polar surface area (TPSA) is 130 Å². The maximum atomic E-state index is 13.5. The Kier molecular flexibility index (Phi) is 10.9. The lowest BCUT2D eigenvalue weighted by atomic mass is 9.99. The van der Waals surface area contributed by atoms with Crippen LogP contribution in [0.4, 0.5) is 0 Å². The van der Waals surface area contributed by atoms with Gasteiger partial charge in [-0.15, -0.1) is 0 Å². The Morgan fingerprint density at radius 1 is 1.02 bits per heavy atom. The molecule has 3 N–H and O–H groups in total. The highest BCUT2D eigenvalue weighted by Crippen LogP contribution is 2.27. The van der Waals surface area contributed by atoms with Gasteiger partial charge in [-0.25, -0.2) is 8.42 Å². The lowest BCUT2D eigenvalue weighted by Crippen LogP contribution is -2.49. The second kappa shape index (κ2) is 13.8. The first-order chi connectivity index (χ1) is 19.6. The molecule has 0 amide bonds. The van der Waals surface area contributed by atoms with Gasteiger partial charge in [-0.1, -0.05) is 53.6 Å². The molecule has 0 saturated carbocycles. The molecule has 3 rings (SSSR count). The zero-order valence-corrected chi connectivity index (χ0v) is 26.0. The van der Waals surface area contributed by atoms with E-state index in [0.717, 1.165) is 11.1 Å². The molecule has 0 radical (unpaired) electrons. The predicted molar refractivity (Wildman–Crippen MR) is 161 cm³/mol. The number of aryl methyl sites for hydroxylation is 2. The van der Waals surface area contributed by atoms with E-state index in [4.69, 9.17) is 21.4 Å². The molecule has 0 aliphatic heterocycles. The number of hydrogen-bond donors (Lipinski definition) is 3. The molecule has 3 aromatic rings. The number of halogens is 1. The van der Waals surface area contributed by atoms with Crippen LogP contribution in [0.3, 0.4) is 0 Å². The third-order valence-corrected chi connectivity index (χ3v) is 8.63. The summed E-state index contributed by atoms with van der Waals surface area (Å²) in [7, 11) is -3.89. The number of aliphatic carboxylic acids is 1. The number of carboxylic acids is 1. The number of aliphatic hydroxyl groups is 1. The van der Waals surface area contributed by atoms with Crippen LogP contribution in [-0.4, -0.2) is 48.3 Å². The number of ether oxygens (including phenoxy) is 1. The molecule has 0 heterocycles. The van der Waals surface area contributed by atoms with Gasteiger partial charge in [0.15, 0.2) is 0 Å². The quantitative estimate of drug-likeness (QED) is 0.229. The standard InChI is InChI=1S/C32H38ClNO7S/c1-20-9-15-27(23(17-20)12-16-28(35)36)42(39,40)26-13-10-22(11-14-26)18-21(2)34-29(31(38)41-32(3,4)5)30(37)24-7-6-8-25(33)19-24/h6-11,13-15,17,19,21,29-30,34,37H,12,16,18H2,1-5H3,(H,35,36)/t21-,29?,30-/m1/s1. The maximum Gasteiger partial charge on any atom is 0.326 e. The van der Waals surface area contributed by atoms with Crippen LogP contribution in [0, 0.1) is 6.92 Å². The Morgan fingerprint density at radius 2 is 1.69 bits per heavy atom. The molecule has 0 aliphatic carbocycles. The van der Waals surface area contributed by atoms with Crippen LogP contribution >= 0.6 is 11.6 Å². The van der Waals surface area contributed by atoms with Gasteiger partial charge >= 0.3 is 11.9 Å². The third kappa shape index (κ3) is 9.13. The summed E-state index contributed by atoms with van der Waals surface area (Å²) in [5.41, 5.74) is 1.82. The molecular formula is C32H38ClNO7S. The summed E-state index contributed by atoms with van der Waals surface area (Å²) in [4.78, 5) is 24.4. The van der Waals surface area contributed by atoms with Crippen LogP contribution in [0.15, 0.2) is 76.5 Å². The minimum absolute atomic E-state index is 0.0901. The van der Waals surface area contributed by atoms with Crippen molar-refractivity contribution in [3.8, 4) is 0 Å². The number of nitrogens with one attached hydrogen (secondary N) is 1. The molecule has 0 spiro atoms. The van der Waals surface area contributed by atoms with Gasteiger partial charge in [0.2, 0.25) is 9.84 Å². The molecule has 3 aromatic carbocycles. The molecule has 0 bridgehead atoms. The van der Waals surface area contributed by atoms with Crippen LogP contribution in [0.2, 0.25) is 5.02 Å². The molecule has 1 unspecified atom stereocenters. The van der Waals surface area contributed by atoms with Crippen LogP contribution in [-0.2, 0) is 37.0 Å². The van der Waals surface area contributed by atoms with Gasteiger partial charge in [0.25, 0.3) is 0 Å². The van der Waals surface area contributed by atoms with Crippen LogP contribution < -0.4 is 5.32 Å². The monoisotopic (exact) mass is 615 g/mol. The summed E-state index contributed by atoms with van der Waals surface area (Å²) in [5.74, 6) is -1.61. The highest BCUT2D eigenvalue weighted by Gasteiger charge is 2.33. The van der Waals surface area contributed by atoms with Crippen molar-refractivity contribution in [1.82, 2.24) is 5.32 Å². The average Bonchev–Trinajstić information content (AvgIpc) is 2.89. The summed E-state index contributed by atoms with van der Waals surface area (Å²) in [6, 6.07) is 16.6. The number of sulfone groups is 1. The van der Waals surface area contributed by atoms with Crippen LogP contribution in [0.5, 0.6) is 0 Å². The molecule has 0 aliphatic rings. The Morgan fingerprint density at radius 3 is 2.29 bits per heavy atom. The number of carbonyl (C=O) groups is 2. The van der Waals surface area contributed by atoms with Gasteiger partial charge in [-0.05, 0) is 94.5 Å². The molecule has 8 nitrogen and oxygen atoms in total. The lowest BCUT2D eigenvalue weighted by Gasteiger charge is -2.30. The molecule has 0 saturated heterocycles. The summed E-state index contributed by atoms with van der Waals surface area (Å²) in [5, 5.41) is 23.8. The van der Waals surface area contributed by atoms with Crippen molar-refractivity contribution >= 4 is 33.4 Å². The van der Waals surface area contributed by atoms with E-state index in [0.29, 0.717) is 22.6 Å². The highest BCUT2D eigenvalue weighted by atomic mass is 35.5. The van der Waals surface area contributed by atoms with E-state index in [2.05, 4.69) is 5.32 Å². The second-order valence-corrected chi connectivity index (χ2v) is 13.8. The van der Waals surface area contributed by atoms with Crippen molar-refractivity contribution in [3.05, 3.63) is 94.0 Å². The van der Waals surface area contributed by atoms with Crippen molar-refractivity contribution in [1.29, 1.82) is 0 Å². The first kappa shape index (κ1) is 33.3. The van der Waals surface area contributed by atoms with Gasteiger partial charge < -0.3 is 14.9 Å². The largest absolute Gasteiger partial charge is 0.481 e. The molecular weight excluding hydrogens is 578 g/mol. The van der Waals surface area contributed by atoms with Crippen LogP contribution in [0.1, 0.15) is 62.5 Å².